The van der Waals surface area contributed by atoms with E-state index in [1.54, 1.807) is 0 Å². The molecule has 0 saturated heterocycles. The third kappa shape index (κ3) is 3.87. The average molecular weight is 474 g/mol. The van der Waals surface area contributed by atoms with Gasteiger partial charge < -0.3 is 0 Å². The van der Waals surface area contributed by atoms with Crippen LogP contribution in [0, 0.1) is 30.1 Å². The molecule has 178 valence electrons. The summed E-state index contributed by atoms with van der Waals surface area (Å²) in [5, 5.41) is 14.2. The van der Waals surface area contributed by atoms with E-state index in [4.69, 9.17) is 4.98 Å². The Hall–Kier alpha value is -4.24. The number of benzene rings is 3. The molecular weight excluding hydrogens is 446 g/mol. The topological polar surface area (TPSA) is 83.1 Å². The van der Waals surface area contributed by atoms with Gasteiger partial charge in [-0.05, 0) is 55.5 Å². The van der Waals surface area contributed by atoms with Gasteiger partial charge in [-0.1, -0.05) is 43.3 Å². The first-order valence-electron chi connectivity index (χ1n) is 12.5. The lowest BCUT2D eigenvalue weighted by Crippen LogP contribution is -2.32. The fraction of sp³-hybridized carbons (Fsp3) is 0.267. The predicted molar refractivity (Wildman–Crippen MR) is 141 cm³/mol. The normalized spacial score (nSPS) is 17.5. The van der Waals surface area contributed by atoms with Crippen molar-refractivity contribution in [3.05, 3.63) is 83.2 Å². The number of para-hydroxylation sites is 1. The molecule has 0 spiro atoms. The van der Waals surface area contributed by atoms with Gasteiger partial charge in [-0.15, -0.1) is 0 Å². The number of carbonyl (C=O) groups is 1. The zero-order valence-electron chi connectivity index (χ0n) is 20.5. The fourth-order valence-corrected chi connectivity index (χ4v) is 5.24. The number of fused-ring (bicyclic) bond motifs is 1. The van der Waals surface area contributed by atoms with E-state index in [-0.39, 0.29) is 11.8 Å². The lowest BCUT2D eigenvalue weighted by atomic mass is 9.93. The average Bonchev–Trinajstić information content (AvgIpc) is 3.62. The fourth-order valence-electron chi connectivity index (χ4n) is 5.24. The number of nitrogens with one attached hydrogen (secondary N) is 1. The number of rotatable bonds is 5. The van der Waals surface area contributed by atoms with Crippen LogP contribution in [0.5, 0.6) is 0 Å². The van der Waals surface area contributed by atoms with Crippen molar-refractivity contribution in [3.63, 3.8) is 0 Å². The van der Waals surface area contributed by atoms with Gasteiger partial charge >= 0.3 is 0 Å². The second kappa shape index (κ2) is 8.76. The Labute approximate surface area is 210 Å². The van der Waals surface area contributed by atoms with Gasteiger partial charge in [0.15, 0.2) is 0 Å². The van der Waals surface area contributed by atoms with Gasteiger partial charge in [0.2, 0.25) is 5.91 Å². The summed E-state index contributed by atoms with van der Waals surface area (Å²) in [4.78, 5) is 17.0. The van der Waals surface area contributed by atoms with E-state index < -0.39 is 0 Å². The van der Waals surface area contributed by atoms with Gasteiger partial charge in [-0.25, -0.2) is 10.4 Å². The zero-order chi connectivity index (χ0) is 24.8. The van der Waals surface area contributed by atoms with Crippen LogP contribution in [0.15, 0.2) is 65.8 Å². The predicted octanol–water partition coefficient (Wildman–Crippen LogP) is 5.69. The number of nitriles is 1. The van der Waals surface area contributed by atoms with Crippen LogP contribution in [0.25, 0.3) is 27.8 Å². The largest absolute Gasteiger partial charge is 0.296 e. The minimum absolute atomic E-state index is 0.0349. The maximum Gasteiger partial charge on any atom is 0.240 e. The third-order valence-corrected chi connectivity index (χ3v) is 7.23. The van der Waals surface area contributed by atoms with Crippen molar-refractivity contribution in [2.75, 3.05) is 0 Å². The maximum absolute atomic E-state index is 11.8. The molecule has 36 heavy (non-hydrogen) atoms. The van der Waals surface area contributed by atoms with Crippen molar-refractivity contribution in [1.82, 2.24) is 15.0 Å². The molecule has 6 rings (SSSR count). The summed E-state index contributed by atoms with van der Waals surface area (Å²) >= 11 is 0. The minimum atomic E-state index is -0.0501. The summed E-state index contributed by atoms with van der Waals surface area (Å²) in [6, 6.07) is 22.6. The molecule has 1 fully saturated rings. The number of hydrogen-bond donors (Lipinski definition) is 1. The smallest absolute Gasteiger partial charge is 0.240 e. The SMILES string of the molecule is Cc1cc(C2=NNC(=O)CC2C)cc2c1nc(CC1CC1)n2-c1ccccc1-c1ccccc1C#N. The van der Waals surface area contributed by atoms with Crippen molar-refractivity contribution in [1.29, 1.82) is 5.26 Å². The van der Waals surface area contributed by atoms with Gasteiger partial charge in [0, 0.05) is 35.4 Å². The molecule has 1 aliphatic carbocycles. The maximum atomic E-state index is 11.8. The van der Waals surface area contributed by atoms with Crippen LogP contribution in [-0.4, -0.2) is 21.2 Å². The third-order valence-electron chi connectivity index (χ3n) is 7.23. The van der Waals surface area contributed by atoms with Gasteiger partial charge in [0.05, 0.1) is 34.1 Å². The van der Waals surface area contributed by atoms with Crippen LogP contribution in [0.2, 0.25) is 0 Å². The number of amides is 1. The molecule has 1 saturated carbocycles. The summed E-state index contributed by atoms with van der Waals surface area (Å²) < 4.78 is 2.28. The Morgan fingerprint density at radius 3 is 2.58 bits per heavy atom. The van der Waals surface area contributed by atoms with Gasteiger partial charge in [0.1, 0.15) is 5.82 Å². The summed E-state index contributed by atoms with van der Waals surface area (Å²) in [6.45, 7) is 4.13. The second-order valence-corrected chi connectivity index (χ2v) is 9.98. The molecule has 6 nitrogen and oxygen atoms in total. The molecule has 1 aliphatic heterocycles. The number of imidazole rings is 1. The molecule has 1 N–H and O–H groups in total. The van der Waals surface area contributed by atoms with Gasteiger partial charge in [-0.3, -0.25) is 9.36 Å². The van der Waals surface area contributed by atoms with E-state index in [9.17, 15) is 10.1 Å². The van der Waals surface area contributed by atoms with Crippen molar-refractivity contribution in [2.24, 2.45) is 16.9 Å². The van der Waals surface area contributed by atoms with E-state index in [0.717, 1.165) is 56.9 Å². The highest BCUT2D eigenvalue weighted by atomic mass is 16.2. The van der Waals surface area contributed by atoms with Crippen LogP contribution in [0.4, 0.5) is 0 Å². The first-order valence-corrected chi connectivity index (χ1v) is 12.5. The number of hydrazone groups is 1. The van der Waals surface area contributed by atoms with Gasteiger partial charge in [-0.2, -0.15) is 10.4 Å². The molecule has 0 bridgehead atoms. The number of aryl methyl sites for hydroxylation is 1. The molecule has 1 amide bonds. The lowest BCUT2D eigenvalue weighted by Gasteiger charge is -2.20. The number of carbonyl (C=O) groups excluding carboxylic acids is 1. The number of nitrogens with zero attached hydrogens (tertiary/aromatic N) is 4. The molecule has 1 unspecified atom stereocenters. The quantitative estimate of drug-likeness (QED) is 0.404. The molecule has 0 radical (unpaired) electrons. The van der Waals surface area contributed by atoms with Crippen LogP contribution >= 0.6 is 0 Å². The Morgan fingerprint density at radius 1 is 1.08 bits per heavy atom. The van der Waals surface area contributed by atoms with E-state index in [1.165, 1.54) is 12.8 Å². The molecule has 3 aromatic carbocycles. The summed E-state index contributed by atoms with van der Waals surface area (Å²) in [5.74, 6) is 1.69. The lowest BCUT2D eigenvalue weighted by molar-refractivity contribution is -0.121. The molecule has 4 aromatic rings. The number of aromatic nitrogens is 2. The molecule has 1 aromatic heterocycles. The zero-order valence-corrected chi connectivity index (χ0v) is 20.5. The van der Waals surface area contributed by atoms with Crippen molar-refractivity contribution >= 4 is 22.7 Å². The van der Waals surface area contributed by atoms with Crippen LogP contribution < -0.4 is 5.43 Å². The van der Waals surface area contributed by atoms with Crippen LogP contribution in [-0.2, 0) is 11.2 Å². The molecule has 2 aliphatic rings. The van der Waals surface area contributed by atoms with E-state index in [1.807, 2.05) is 43.3 Å². The van der Waals surface area contributed by atoms with Crippen molar-refractivity contribution < 1.29 is 4.79 Å². The molecular formula is C30H27N5O. The van der Waals surface area contributed by atoms with E-state index in [2.05, 4.69) is 52.4 Å². The first-order chi connectivity index (χ1) is 17.5. The highest BCUT2D eigenvalue weighted by Crippen LogP contribution is 2.38. The standard InChI is InChI=1S/C30H27N5O/c1-18-13-22(29-19(2)14-28(36)33-34-29)16-26-30(18)32-27(15-20-11-12-20)35(26)25-10-6-5-9-24(25)23-8-4-3-7-21(23)17-31/h3-10,13,16,19-20H,11-12,14-15H2,1-2H3,(H,33,36). The minimum Gasteiger partial charge on any atom is -0.296 e. The molecule has 2 heterocycles. The summed E-state index contributed by atoms with van der Waals surface area (Å²) in [6.07, 6.45) is 3.82. The van der Waals surface area contributed by atoms with Crippen molar-refractivity contribution in [3.8, 4) is 22.9 Å². The Morgan fingerprint density at radius 2 is 1.83 bits per heavy atom. The monoisotopic (exact) mass is 473 g/mol. The molecule has 1 atom stereocenters. The highest BCUT2D eigenvalue weighted by molar-refractivity contribution is 6.07. The summed E-state index contributed by atoms with van der Waals surface area (Å²) in [5.41, 5.74) is 11.2. The van der Waals surface area contributed by atoms with Crippen molar-refractivity contribution in [2.45, 2.75) is 39.5 Å². The van der Waals surface area contributed by atoms with Gasteiger partial charge in [0.25, 0.3) is 0 Å². The Balaban J connectivity index is 1.61. The van der Waals surface area contributed by atoms with E-state index >= 15 is 0 Å². The Bertz CT molecular complexity index is 1580. The summed E-state index contributed by atoms with van der Waals surface area (Å²) in [7, 11) is 0. The second-order valence-electron chi connectivity index (χ2n) is 9.98. The van der Waals surface area contributed by atoms with E-state index in [0.29, 0.717) is 17.9 Å². The highest BCUT2D eigenvalue weighted by Gasteiger charge is 2.28. The Kier molecular flexibility index (Phi) is 5.41. The molecule has 6 heteroatoms. The number of hydrogen-bond acceptors (Lipinski definition) is 4. The first kappa shape index (κ1) is 22.2. The van der Waals surface area contributed by atoms with Crippen LogP contribution in [0.1, 0.15) is 48.7 Å². The van der Waals surface area contributed by atoms with Crippen LogP contribution in [0.3, 0.4) is 0 Å².